The fourth-order valence-corrected chi connectivity index (χ4v) is 2.81. The molecule has 2 heterocycles. The molecule has 116 valence electrons. The van der Waals surface area contributed by atoms with Crippen LogP contribution in [0.15, 0.2) is 10.5 Å². The molecule has 0 radical (unpaired) electrons. The third-order valence-corrected chi connectivity index (χ3v) is 3.93. The number of carboxylic acid groups (broad SMARTS) is 1. The Morgan fingerprint density at radius 2 is 2.24 bits per heavy atom. The molecule has 2 atom stereocenters. The number of hydrogen-bond donors (Lipinski definition) is 1. The van der Waals surface area contributed by atoms with E-state index in [-0.39, 0.29) is 30.2 Å². The third kappa shape index (κ3) is 3.26. The van der Waals surface area contributed by atoms with E-state index in [4.69, 9.17) is 14.3 Å². The van der Waals surface area contributed by atoms with Gasteiger partial charge in [0.25, 0.3) is 5.91 Å². The molecule has 21 heavy (non-hydrogen) atoms. The van der Waals surface area contributed by atoms with E-state index in [2.05, 4.69) is 0 Å². The Morgan fingerprint density at radius 1 is 1.52 bits per heavy atom. The van der Waals surface area contributed by atoms with Crippen LogP contribution in [0.25, 0.3) is 0 Å². The van der Waals surface area contributed by atoms with Gasteiger partial charge in [-0.25, -0.2) is 0 Å². The number of ether oxygens (including phenoxy) is 1. The van der Waals surface area contributed by atoms with Gasteiger partial charge < -0.3 is 19.2 Å². The number of methoxy groups -OCH3 is 1. The molecule has 1 aromatic heterocycles. The SMILES string of the molecule is CCc1oc(C(=O)N2CC(OC)CC2CC(=O)O)cc1C. The number of hydrogen-bond acceptors (Lipinski definition) is 4. The number of carboxylic acids is 1. The average Bonchev–Trinajstić information content (AvgIpc) is 3.00. The minimum absolute atomic E-state index is 0.0775. The molecule has 1 N–H and O–H groups in total. The Kier molecular flexibility index (Phi) is 4.67. The maximum Gasteiger partial charge on any atom is 0.305 e. The molecule has 1 fully saturated rings. The van der Waals surface area contributed by atoms with Gasteiger partial charge in [0.05, 0.1) is 12.5 Å². The Labute approximate surface area is 123 Å². The van der Waals surface area contributed by atoms with Crippen molar-refractivity contribution in [2.24, 2.45) is 0 Å². The summed E-state index contributed by atoms with van der Waals surface area (Å²) in [6.45, 7) is 4.26. The van der Waals surface area contributed by atoms with Gasteiger partial charge in [-0.15, -0.1) is 0 Å². The largest absolute Gasteiger partial charge is 0.481 e. The first-order valence-corrected chi connectivity index (χ1v) is 7.11. The predicted molar refractivity (Wildman–Crippen MR) is 75.3 cm³/mol. The Bertz CT molecular complexity index is 536. The van der Waals surface area contributed by atoms with Crippen molar-refractivity contribution in [1.29, 1.82) is 0 Å². The summed E-state index contributed by atoms with van der Waals surface area (Å²) in [5.41, 5.74) is 0.943. The molecule has 1 aromatic rings. The lowest BCUT2D eigenvalue weighted by molar-refractivity contribution is -0.138. The summed E-state index contributed by atoms with van der Waals surface area (Å²) in [6, 6.07) is 1.37. The van der Waals surface area contributed by atoms with E-state index in [0.29, 0.717) is 13.0 Å². The number of carbonyl (C=O) groups excluding carboxylic acids is 1. The summed E-state index contributed by atoms with van der Waals surface area (Å²) in [5, 5.41) is 8.99. The Balaban J connectivity index is 2.20. The first-order valence-electron chi connectivity index (χ1n) is 7.11. The summed E-state index contributed by atoms with van der Waals surface area (Å²) in [7, 11) is 1.57. The second-order valence-electron chi connectivity index (χ2n) is 5.37. The highest BCUT2D eigenvalue weighted by Crippen LogP contribution is 2.26. The number of aliphatic carboxylic acids is 1. The molecular weight excluding hydrogens is 274 g/mol. The molecule has 6 nitrogen and oxygen atoms in total. The van der Waals surface area contributed by atoms with E-state index in [1.54, 1.807) is 18.1 Å². The smallest absolute Gasteiger partial charge is 0.305 e. The lowest BCUT2D eigenvalue weighted by Crippen LogP contribution is -2.37. The minimum Gasteiger partial charge on any atom is -0.481 e. The van der Waals surface area contributed by atoms with Gasteiger partial charge in [-0.3, -0.25) is 9.59 Å². The van der Waals surface area contributed by atoms with E-state index < -0.39 is 5.97 Å². The molecule has 1 aliphatic rings. The van der Waals surface area contributed by atoms with Crippen LogP contribution in [0.5, 0.6) is 0 Å². The van der Waals surface area contributed by atoms with Crippen molar-refractivity contribution >= 4 is 11.9 Å². The molecule has 0 aliphatic carbocycles. The topological polar surface area (TPSA) is 80.0 Å². The van der Waals surface area contributed by atoms with Crippen LogP contribution in [-0.4, -0.2) is 47.7 Å². The van der Waals surface area contributed by atoms with Gasteiger partial charge in [-0.05, 0) is 25.0 Å². The monoisotopic (exact) mass is 295 g/mol. The number of likely N-dealkylation sites (tertiary alicyclic amines) is 1. The van der Waals surface area contributed by atoms with E-state index in [0.717, 1.165) is 17.7 Å². The maximum absolute atomic E-state index is 12.6. The molecular formula is C15H21NO5. The van der Waals surface area contributed by atoms with Gasteiger partial charge >= 0.3 is 5.97 Å². The molecule has 0 aromatic carbocycles. The zero-order chi connectivity index (χ0) is 15.6. The quantitative estimate of drug-likeness (QED) is 0.896. The van der Waals surface area contributed by atoms with E-state index in [9.17, 15) is 9.59 Å². The highest BCUT2D eigenvalue weighted by molar-refractivity contribution is 5.92. The molecule has 2 rings (SSSR count). The van der Waals surface area contributed by atoms with Crippen LogP contribution >= 0.6 is 0 Å². The molecule has 2 unspecified atom stereocenters. The number of rotatable bonds is 5. The van der Waals surface area contributed by atoms with Crippen molar-refractivity contribution < 1.29 is 23.8 Å². The first-order chi connectivity index (χ1) is 9.96. The molecule has 6 heteroatoms. The zero-order valence-corrected chi connectivity index (χ0v) is 12.6. The van der Waals surface area contributed by atoms with Crippen molar-refractivity contribution in [3.63, 3.8) is 0 Å². The van der Waals surface area contributed by atoms with Gasteiger partial charge in [0, 0.05) is 26.1 Å². The minimum atomic E-state index is -0.917. The second-order valence-corrected chi connectivity index (χ2v) is 5.37. The summed E-state index contributed by atoms with van der Waals surface area (Å²) in [5.74, 6) is -0.116. The summed E-state index contributed by atoms with van der Waals surface area (Å²) < 4.78 is 10.9. The number of amides is 1. The fraction of sp³-hybridized carbons (Fsp3) is 0.600. The van der Waals surface area contributed by atoms with Crippen LogP contribution < -0.4 is 0 Å². The second kappa shape index (κ2) is 6.30. The highest BCUT2D eigenvalue weighted by Gasteiger charge is 2.38. The fourth-order valence-electron chi connectivity index (χ4n) is 2.81. The van der Waals surface area contributed by atoms with E-state index >= 15 is 0 Å². The molecule has 0 saturated carbocycles. The van der Waals surface area contributed by atoms with Crippen molar-refractivity contribution in [1.82, 2.24) is 4.90 Å². The van der Waals surface area contributed by atoms with Crippen molar-refractivity contribution in [3.8, 4) is 0 Å². The van der Waals surface area contributed by atoms with Crippen molar-refractivity contribution in [2.45, 2.75) is 45.3 Å². The van der Waals surface area contributed by atoms with E-state index in [1.165, 1.54) is 0 Å². The summed E-state index contributed by atoms with van der Waals surface area (Å²) in [6.07, 6.45) is 1.05. The van der Waals surface area contributed by atoms with Gasteiger partial charge in [-0.2, -0.15) is 0 Å². The van der Waals surface area contributed by atoms with Crippen LogP contribution in [0.1, 0.15) is 41.6 Å². The first kappa shape index (κ1) is 15.6. The Hall–Kier alpha value is -1.82. The van der Waals surface area contributed by atoms with Crippen molar-refractivity contribution in [2.75, 3.05) is 13.7 Å². The van der Waals surface area contributed by atoms with Crippen LogP contribution in [0.4, 0.5) is 0 Å². The Morgan fingerprint density at radius 3 is 2.76 bits per heavy atom. The number of carbonyl (C=O) groups is 2. The lowest BCUT2D eigenvalue weighted by Gasteiger charge is -2.21. The van der Waals surface area contributed by atoms with E-state index in [1.807, 2.05) is 13.8 Å². The maximum atomic E-state index is 12.6. The van der Waals surface area contributed by atoms with Crippen molar-refractivity contribution in [3.05, 3.63) is 23.2 Å². The molecule has 1 saturated heterocycles. The zero-order valence-electron chi connectivity index (χ0n) is 12.6. The number of nitrogens with zero attached hydrogens (tertiary/aromatic N) is 1. The third-order valence-electron chi connectivity index (χ3n) is 3.93. The highest BCUT2D eigenvalue weighted by atomic mass is 16.5. The number of furan rings is 1. The van der Waals surface area contributed by atoms with Crippen LogP contribution in [0.3, 0.4) is 0 Å². The van der Waals surface area contributed by atoms with Crippen LogP contribution in [0.2, 0.25) is 0 Å². The van der Waals surface area contributed by atoms with Gasteiger partial charge in [0.1, 0.15) is 5.76 Å². The predicted octanol–water partition coefficient (Wildman–Crippen LogP) is 1.85. The van der Waals surface area contributed by atoms with Gasteiger partial charge in [0.2, 0.25) is 0 Å². The molecule has 0 spiro atoms. The van der Waals surface area contributed by atoms with Crippen LogP contribution in [-0.2, 0) is 16.0 Å². The van der Waals surface area contributed by atoms with Gasteiger partial charge in [0.15, 0.2) is 5.76 Å². The molecule has 1 amide bonds. The summed E-state index contributed by atoms with van der Waals surface area (Å²) >= 11 is 0. The molecule has 1 aliphatic heterocycles. The normalized spacial score (nSPS) is 21.8. The lowest BCUT2D eigenvalue weighted by atomic mass is 10.1. The molecule has 0 bridgehead atoms. The standard InChI is InChI=1S/C15H21NO5/c1-4-12-9(2)5-13(21-12)15(19)16-8-11(20-3)6-10(16)7-14(17)18/h5,10-11H,4,6-8H2,1-3H3,(H,17,18). The van der Waals surface area contributed by atoms with Gasteiger partial charge in [-0.1, -0.05) is 6.92 Å². The summed E-state index contributed by atoms with van der Waals surface area (Å²) in [4.78, 5) is 25.1. The van der Waals surface area contributed by atoms with Crippen LogP contribution in [0, 0.1) is 6.92 Å². The number of aryl methyl sites for hydroxylation is 2. The average molecular weight is 295 g/mol.